The van der Waals surface area contributed by atoms with Crippen molar-refractivity contribution in [2.24, 2.45) is 0 Å². The number of carbonyl (C=O) groups excluding carboxylic acids is 1. The van der Waals surface area contributed by atoms with E-state index in [1.165, 1.54) is 0 Å². The molecule has 0 radical (unpaired) electrons. The Morgan fingerprint density at radius 3 is 2.38 bits per heavy atom. The number of methoxy groups -OCH3 is 1. The van der Waals surface area contributed by atoms with Crippen molar-refractivity contribution in [3.05, 3.63) is 65.4 Å². The van der Waals surface area contributed by atoms with E-state index in [2.05, 4.69) is 15.6 Å². The van der Waals surface area contributed by atoms with E-state index < -0.39 is 16.7 Å². The first-order valence-electron chi connectivity index (χ1n) is 12.4. The lowest BCUT2D eigenvalue weighted by atomic mass is 9.89. The number of alkyl halides is 3. The van der Waals surface area contributed by atoms with Crippen LogP contribution in [0.5, 0.6) is 5.75 Å². The zero-order chi connectivity index (χ0) is 27.2. The number of thioether (sulfide) groups is 1. The van der Waals surface area contributed by atoms with Crippen molar-refractivity contribution in [3.63, 3.8) is 0 Å². The fourth-order valence-corrected chi connectivity index (χ4v) is 5.40. The van der Waals surface area contributed by atoms with Gasteiger partial charge in [-0.2, -0.15) is 13.2 Å². The monoisotopic (exact) mass is 533 g/mol. The number of para-hydroxylation sites is 1. The molecule has 0 atom stereocenters. The van der Waals surface area contributed by atoms with E-state index in [9.17, 15) is 18.0 Å². The highest BCUT2D eigenvalue weighted by molar-refractivity contribution is 7.99. The normalized spacial score (nSPS) is 19.5. The average Bonchev–Trinajstić information content (AvgIpc) is 2.90. The summed E-state index contributed by atoms with van der Waals surface area (Å²) in [6.07, 6.45) is 0.261. The van der Waals surface area contributed by atoms with Crippen LogP contribution in [0.2, 0.25) is 0 Å². The Kier molecular flexibility index (Phi) is 9.34. The van der Waals surface area contributed by atoms with Crippen LogP contribution in [-0.4, -0.2) is 35.2 Å². The van der Waals surface area contributed by atoms with Gasteiger partial charge in [0.25, 0.3) is 5.91 Å². The summed E-state index contributed by atoms with van der Waals surface area (Å²) < 4.78 is 45.5. The number of rotatable bonds is 6. The molecule has 1 fully saturated rings. The van der Waals surface area contributed by atoms with Crippen LogP contribution in [0.25, 0.3) is 10.9 Å². The number of aryl methyl sites for hydroxylation is 1. The lowest BCUT2D eigenvalue weighted by Gasteiger charge is -2.40. The van der Waals surface area contributed by atoms with E-state index in [0.717, 1.165) is 11.6 Å². The first-order valence-corrected chi connectivity index (χ1v) is 13.6. The van der Waals surface area contributed by atoms with Gasteiger partial charge in [-0.05, 0) is 74.8 Å². The number of hydrogen-bond donors (Lipinski definition) is 2. The second-order valence-electron chi connectivity index (χ2n) is 8.82. The van der Waals surface area contributed by atoms with Crippen molar-refractivity contribution in [1.29, 1.82) is 0 Å². The SMILES string of the molecule is CC.COc1ccc(C(=O)NC2(SC)CCC(Nc3cc(C(F)(F)F)nc4ccccc34)CC2)c(C)c1. The molecule has 5 nitrogen and oxygen atoms in total. The van der Waals surface area contributed by atoms with Gasteiger partial charge in [0, 0.05) is 22.7 Å². The van der Waals surface area contributed by atoms with Crippen LogP contribution in [0.1, 0.15) is 61.1 Å². The molecule has 0 aliphatic heterocycles. The van der Waals surface area contributed by atoms with Gasteiger partial charge in [0.2, 0.25) is 0 Å². The molecule has 37 heavy (non-hydrogen) atoms. The number of nitrogens with one attached hydrogen (secondary N) is 2. The maximum Gasteiger partial charge on any atom is 0.433 e. The number of ether oxygens (including phenoxy) is 1. The molecule has 1 aromatic heterocycles. The van der Waals surface area contributed by atoms with Crippen LogP contribution >= 0.6 is 11.8 Å². The standard InChI is InChI=1S/C26H28F3N3O2S.C2H6/c1-16-14-18(34-2)8-9-19(16)24(33)32-25(35-3)12-10-17(11-13-25)30-22-15-23(26(27,28)29)31-21-7-5-4-6-20(21)22;1-2/h4-9,14-15,17H,10-13H2,1-3H3,(H,30,31)(H,32,33);1-2H3. The second-order valence-corrected chi connectivity index (χ2v) is 10.0. The lowest BCUT2D eigenvalue weighted by Crippen LogP contribution is -2.49. The Morgan fingerprint density at radius 1 is 1.11 bits per heavy atom. The molecule has 1 amide bonds. The Balaban J connectivity index is 0.00000186. The third-order valence-electron chi connectivity index (χ3n) is 6.57. The molecule has 9 heteroatoms. The van der Waals surface area contributed by atoms with E-state index in [0.29, 0.717) is 53.6 Å². The first kappa shape index (κ1) is 28.6. The number of halogens is 3. The zero-order valence-electron chi connectivity index (χ0n) is 21.8. The van der Waals surface area contributed by atoms with E-state index >= 15 is 0 Å². The van der Waals surface area contributed by atoms with Gasteiger partial charge in [-0.15, -0.1) is 11.8 Å². The number of anilines is 1. The third-order valence-corrected chi connectivity index (χ3v) is 7.86. The molecule has 2 N–H and O–H groups in total. The smallest absolute Gasteiger partial charge is 0.433 e. The molecule has 0 bridgehead atoms. The van der Waals surface area contributed by atoms with Crippen LogP contribution in [0.4, 0.5) is 18.9 Å². The molecule has 1 saturated carbocycles. The van der Waals surface area contributed by atoms with Crippen molar-refractivity contribution in [1.82, 2.24) is 10.3 Å². The molecule has 1 heterocycles. The van der Waals surface area contributed by atoms with E-state index in [-0.39, 0.29) is 11.9 Å². The highest BCUT2D eigenvalue weighted by Gasteiger charge is 2.37. The molecule has 0 spiro atoms. The van der Waals surface area contributed by atoms with Gasteiger partial charge in [-0.25, -0.2) is 4.98 Å². The maximum atomic E-state index is 13.4. The van der Waals surface area contributed by atoms with Crippen LogP contribution in [0.15, 0.2) is 48.5 Å². The van der Waals surface area contributed by atoms with E-state index in [1.54, 1.807) is 55.3 Å². The van der Waals surface area contributed by atoms with Gasteiger partial charge < -0.3 is 15.4 Å². The molecule has 2 aromatic carbocycles. The predicted octanol–water partition coefficient (Wildman–Crippen LogP) is 7.44. The van der Waals surface area contributed by atoms with Crippen molar-refractivity contribution in [3.8, 4) is 5.75 Å². The Bertz CT molecular complexity index is 1230. The van der Waals surface area contributed by atoms with Crippen LogP contribution in [0, 0.1) is 6.92 Å². The Hall–Kier alpha value is -2.94. The van der Waals surface area contributed by atoms with Crippen molar-refractivity contribution in [2.75, 3.05) is 18.7 Å². The summed E-state index contributed by atoms with van der Waals surface area (Å²) in [4.78, 5) is 16.4. The molecule has 3 aromatic rings. The highest BCUT2D eigenvalue weighted by atomic mass is 32.2. The topological polar surface area (TPSA) is 63.2 Å². The largest absolute Gasteiger partial charge is 0.497 e. The summed E-state index contributed by atoms with van der Waals surface area (Å²) in [5.74, 6) is 0.559. The van der Waals surface area contributed by atoms with Gasteiger partial charge in [0.15, 0.2) is 0 Å². The van der Waals surface area contributed by atoms with Crippen molar-refractivity contribution in [2.45, 2.75) is 63.5 Å². The third kappa shape index (κ3) is 6.69. The minimum absolute atomic E-state index is 0.0122. The van der Waals surface area contributed by atoms with E-state index in [1.807, 2.05) is 33.1 Å². The van der Waals surface area contributed by atoms with Crippen LogP contribution in [0.3, 0.4) is 0 Å². The van der Waals surface area contributed by atoms with Crippen LogP contribution < -0.4 is 15.4 Å². The second kappa shape index (κ2) is 12.1. The molecule has 0 saturated heterocycles. The molecule has 200 valence electrons. The number of hydrogen-bond acceptors (Lipinski definition) is 5. The summed E-state index contributed by atoms with van der Waals surface area (Å²) in [6, 6.07) is 13.3. The number of pyridine rings is 1. The maximum absolute atomic E-state index is 13.4. The average molecular weight is 534 g/mol. The number of fused-ring (bicyclic) bond motifs is 1. The predicted molar refractivity (Wildman–Crippen MR) is 145 cm³/mol. The molecule has 1 aliphatic carbocycles. The van der Waals surface area contributed by atoms with Gasteiger partial charge in [0.05, 0.1) is 17.5 Å². The van der Waals surface area contributed by atoms with Gasteiger partial charge >= 0.3 is 6.18 Å². The number of amides is 1. The Labute approximate surface area is 220 Å². The van der Waals surface area contributed by atoms with Crippen LogP contribution in [-0.2, 0) is 6.18 Å². The van der Waals surface area contributed by atoms with Crippen molar-refractivity contribution < 1.29 is 22.7 Å². The number of carbonyl (C=O) groups is 1. The molecule has 1 aliphatic rings. The molecule has 0 unspecified atom stereocenters. The summed E-state index contributed by atoms with van der Waals surface area (Å²) in [6.45, 7) is 5.87. The zero-order valence-corrected chi connectivity index (χ0v) is 22.6. The molecule has 4 rings (SSSR count). The minimum atomic E-state index is -4.52. The fourth-order valence-electron chi connectivity index (χ4n) is 4.56. The minimum Gasteiger partial charge on any atom is -0.497 e. The van der Waals surface area contributed by atoms with Gasteiger partial charge in [-0.3, -0.25) is 4.79 Å². The molecular weight excluding hydrogens is 499 g/mol. The van der Waals surface area contributed by atoms with Gasteiger partial charge in [-0.1, -0.05) is 32.0 Å². The Morgan fingerprint density at radius 2 is 1.78 bits per heavy atom. The summed E-state index contributed by atoms with van der Waals surface area (Å²) >= 11 is 1.60. The highest BCUT2D eigenvalue weighted by Crippen LogP contribution is 2.39. The first-order chi connectivity index (χ1) is 17.6. The number of aromatic nitrogens is 1. The lowest BCUT2D eigenvalue weighted by molar-refractivity contribution is -0.140. The van der Waals surface area contributed by atoms with E-state index in [4.69, 9.17) is 4.74 Å². The quantitative estimate of drug-likeness (QED) is 0.323. The number of nitrogens with zero attached hydrogens (tertiary/aromatic N) is 1. The summed E-state index contributed by atoms with van der Waals surface area (Å²) in [5.41, 5.74) is 1.26. The number of benzene rings is 2. The summed E-state index contributed by atoms with van der Waals surface area (Å²) in [7, 11) is 1.59. The van der Waals surface area contributed by atoms with Gasteiger partial charge in [0.1, 0.15) is 11.4 Å². The van der Waals surface area contributed by atoms with Crippen molar-refractivity contribution >= 4 is 34.3 Å². The molecular formula is C28H34F3N3O2S. The summed E-state index contributed by atoms with van der Waals surface area (Å²) in [5, 5.41) is 7.20. The fraction of sp³-hybridized carbons (Fsp3) is 0.429.